The molecule has 0 atom stereocenters. The van der Waals surface area contributed by atoms with Gasteiger partial charge in [-0.2, -0.15) is 0 Å². The van der Waals surface area contributed by atoms with E-state index in [1.807, 2.05) is 5.38 Å². The van der Waals surface area contributed by atoms with Crippen LogP contribution in [0.3, 0.4) is 0 Å². The molecule has 4 nitrogen and oxygen atoms in total. The molecule has 0 unspecified atom stereocenters. The van der Waals surface area contributed by atoms with Crippen LogP contribution in [0.1, 0.15) is 36.2 Å². The summed E-state index contributed by atoms with van der Waals surface area (Å²) in [6, 6.07) is 4.26. The molecule has 0 aromatic carbocycles. The number of aromatic nitrogens is 1. The predicted molar refractivity (Wildman–Crippen MR) is 83.8 cm³/mol. The summed E-state index contributed by atoms with van der Waals surface area (Å²) in [5, 5.41) is 15.0. The number of aliphatic carboxylic acids is 1. The molecule has 0 amide bonds. The highest BCUT2D eigenvalue weighted by atomic mass is 32.1. The first-order chi connectivity index (χ1) is 9.43. The van der Waals surface area contributed by atoms with Crippen LogP contribution >= 0.6 is 22.7 Å². The van der Waals surface area contributed by atoms with Crippen molar-refractivity contribution < 1.29 is 9.90 Å². The number of carbonyl (C=O) groups is 1. The Morgan fingerprint density at radius 3 is 2.70 bits per heavy atom. The van der Waals surface area contributed by atoms with Crippen molar-refractivity contribution in [1.29, 1.82) is 0 Å². The zero-order chi connectivity index (χ0) is 14.8. The van der Waals surface area contributed by atoms with E-state index < -0.39 is 11.4 Å². The fourth-order valence-electron chi connectivity index (χ4n) is 1.62. The first-order valence-corrected chi connectivity index (χ1v) is 8.14. The van der Waals surface area contributed by atoms with Gasteiger partial charge in [-0.3, -0.25) is 4.79 Å². The van der Waals surface area contributed by atoms with Crippen molar-refractivity contribution in [3.63, 3.8) is 0 Å². The summed E-state index contributed by atoms with van der Waals surface area (Å²) in [5.41, 5.74) is -0.354. The van der Waals surface area contributed by atoms with Crippen LogP contribution in [0.15, 0.2) is 17.5 Å². The van der Waals surface area contributed by atoms with Gasteiger partial charge in [-0.25, -0.2) is 4.98 Å². The van der Waals surface area contributed by atoms with Crippen LogP contribution in [0.4, 0.5) is 5.13 Å². The summed E-state index contributed by atoms with van der Waals surface area (Å²) in [7, 11) is 0. The van der Waals surface area contributed by atoms with Gasteiger partial charge in [-0.1, -0.05) is 6.92 Å². The van der Waals surface area contributed by atoms with E-state index in [-0.39, 0.29) is 0 Å². The van der Waals surface area contributed by atoms with E-state index in [4.69, 9.17) is 0 Å². The molecule has 0 saturated heterocycles. The first kappa shape index (κ1) is 15.0. The lowest BCUT2D eigenvalue weighted by Gasteiger charge is -2.15. The highest BCUT2D eigenvalue weighted by molar-refractivity contribution is 7.14. The summed E-state index contributed by atoms with van der Waals surface area (Å²) >= 11 is 3.23. The van der Waals surface area contributed by atoms with E-state index >= 15 is 0 Å². The molecular weight excluding hydrogens is 292 g/mol. The van der Waals surface area contributed by atoms with E-state index in [1.165, 1.54) is 21.1 Å². The van der Waals surface area contributed by atoms with Gasteiger partial charge in [0.2, 0.25) is 0 Å². The maximum absolute atomic E-state index is 11.2. The fourth-order valence-corrected chi connectivity index (χ4v) is 3.40. The van der Waals surface area contributed by atoms with Crippen molar-refractivity contribution in [2.75, 3.05) is 5.32 Å². The smallest absolute Gasteiger partial charge is 0.315 e. The van der Waals surface area contributed by atoms with Crippen LogP contribution in [0.5, 0.6) is 0 Å². The Balaban J connectivity index is 2.01. The van der Waals surface area contributed by atoms with Gasteiger partial charge in [-0.05, 0) is 32.4 Å². The quantitative estimate of drug-likeness (QED) is 0.853. The van der Waals surface area contributed by atoms with Crippen LogP contribution in [0.2, 0.25) is 0 Å². The molecule has 0 bridgehead atoms. The second-order valence-electron chi connectivity index (χ2n) is 5.04. The summed E-state index contributed by atoms with van der Waals surface area (Å²) in [5.74, 6) is -0.861. The van der Waals surface area contributed by atoms with Crippen molar-refractivity contribution in [2.45, 2.75) is 39.2 Å². The third-order valence-corrected chi connectivity index (χ3v) is 5.19. The number of hydrogen-bond acceptors (Lipinski definition) is 5. The second-order valence-corrected chi connectivity index (χ2v) is 7.15. The molecule has 2 aromatic heterocycles. The SMILES string of the molecule is CCc1ccc(CNc2nc(C(C)(C)C(=O)O)cs2)s1. The Labute approximate surface area is 126 Å². The highest BCUT2D eigenvalue weighted by Gasteiger charge is 2.32. The highest BCUT2D eigenvalue weighted by Crippen LogP contribution is 2.28. The van der Waals surface area contributed by atoms with Crippen molar-refractivity contribution in [3.05, 3.63) is 33.0 Å². The lowest BCUT2D eigenvalue weighted by molar-refractivity contribution is -0.142. The fraction of sp³-hybridized carbons (Fsp3) is 0.429. The van der Waals surface area contributed by atoms with Crippen LogP contribution in [0.25, 0.3) is 0 Å². The first-order valence-electron chi connectivity index (χ1n) is 6.44. The number of anilines is 1. The number of thiophene rings is 1. The molecule has 2 aromatic rings. The molecule has 0 saturated carbocycles. The Morgan fingerprint density at radius 2 is 2.10 bits per heavy atom. The number of hydrogen-bond donors (Lipinski definition) is 2. The zero-order valence-corrected chi connectivity index (χ0v) is 13.4. The van der Waals surface area contributed by atoms with Crippen molar-refractivity contribution in [3.8, 4) is 0 Å². The number of rotatable bonds is 6. The van der Waals surface area contributed by atoms with Crippen molar-refractivity contribution >= 4 is 33.8 Å². The van der Waals surface area contributed by atoms with E-state index in [9.17, 15) is 9.90 Å². The maximum Gasteiger partial charge on any atom is 0.315 e. The summed E-state index contributed by atoms with van der Waals surface area (Å²) in [4.78, 5) is 18.2. The molecule has 2 N–H and O–H groups in total. The largest absolute Gasteiger partial charge is 0.481 e. The van der Waals surface area contributed by atoms with Gasteiger partial charge in [0, 0.05) is 15.1 Å². The van der Waals surface area contributed by atoms with E-state index in [0.717, 1.165) is 18.1 Å². The van der Waals surface area contributed by atoms with Crippen molar-refractivity contribution in [2.24, 2.45) is 0 Å². The number of aryl methyl sites for hydroxylation is 1. The van der Waals surface area contributed by atoms with E-state index in [2.05, 4.69) is 29.4 Å². The molecule has 0 aliphatic rings. The molecule has 0 aliphatic heterocycles. The van der Waals surface area contributed by atoms with E-state index in [0.29, 0.717) is 5.69 Å². The standard InChI is InChI=1S/C14H18N2O2S2/c1-4-9-5-6-10(20-9)7-15-13-16-11(8-19-13)14(2,3)12(17)18/h5-6,8H,4,7H2,1-3H3,(H,15,16)(H,17,18). The minimum absolute atomic E-state index is 0.595. The molecule has 6 heteroatoms. The molecule has 2 rings (SSSR count). The van der Waals surface area contributed by atoms with Crippen LogP contribution in [0, 0.1) is 0 Å². The van der Waals surface area contributed by atoms with Crippen LogP contribution < -0.4 is 5.32 Å². The third kappa shape index (κ3) is 3.19. The van der Waals surface area contributed by atoms with Gasteiger partial charge in [0.1, 0.15) is 5.41 Å². The minimum Gasteiger partial charge on any atom is -0.481 e. The van der Waals surface area contributed by atoms with Crippen molar-refractivity contribution in [1.82, 2.24) is 4.98 Å². The lowest BCUT2D eigenvalue weighted by atomic mass is 9.90. The molecular formula is C14H18N2O2S2. The number of thiazole rings is 1. The summed E-state index contributed by atoms with van der Waals surface area (Å²) in [6.07, 6.45) is 1.05. The Hall–Kier alpha value is -1.40. The third-order valence-electron chi connectivity index (χ3n) is 3.16. The van der Waals surface area contributed by atoms with Crippen LogP contribution in [-0.4, -0.2) is 16.1 Å². The normalized spacial score (nSPS) is 11.6. The van der Waals surface area contributed by atoms with Gasteiger partial charge >= 0.3 is 5.97 Å². The van der Waals surface area contributed by atoms with Gasteiger partial charge in [0.25, 0.3) is 0 Å². The van der Waals surface area contributed by atoms with Gasteiger partial charge in [0.15, 0.2) is 5.13 Å². The predicted octanol–water partition coefficient (Wildman–Crippen LogP) is 3.74. The average Bonchev–Trinajstić information content (AvgIpc) is 3.05. The van der Waals surface area contributed by atoms with E-state index in [1.54, 1.807) is 25.2 Å². The Bertz CT molecular complexity index is 602. The molecule has 2 heterocycles. The lowest BCUT2D eigenvalue weighted by Crippen LogP contribution is -2.28. The monoisotopic (exact) mass is 310 g/mol. The molecule has 0 fully saturated rings. The topological polar surface area (TPSA) is 62.2 Å². The number of nitrogens with one attached hydrogen (secondary N) is 1. The number of carboxylic acid groups (broad SMARTS) is 1. The second kappa shape index (κ2) is 5.93. The number of carboxylic acids is 1. The summed E-state index contributed by atoms with van der Waals surface area (Å²) < 4.78 is 0. The Morgan fingerprint density at radius 1 is 1.40 bits per heavy atom. The van der Waals surface area contributed by atoms with Gasteiger partial charge < -0.3 is 10.4 Å². The molecule has 0 radical (unpaired) electrons. The summed E-state index contributed by atoms with van der Waals surface area (Å²) in [6.45, 7) is 6.21. The molecule has 108 valence electrons. The number of nitrogens with zero attached hydrogens (tertiary/aromatic N) is 1. The molecule has 0 aliphatic carbocycles. The van der Waals surface area contributed by atoms with Crippen LogP contribution in [-0.2, 0) is 23.2 Å². The van der Waals surface area contributed by atoms with Gasteiger partial charge in [0.05, 0.1) is 12.2 Å². The maximum atomic E-state index is 11.2. The zero-order valence-electron chi connectivity index (χ0n) is 11.8. The average molecular weight is 310 g/mol. The van der Waals surface area contributed by atoms with Gasteiger partial charge in [-0.15, -0.1) is 22.7 Å². The minimum atomic E-state index is -0.950. The molecule has 20 heavy (non-hydrogen) atoms. The molecule has 0 spiro atoms. The Kier molecular flexibility index (Phi) is 4.45.